The Morgan fingerprint density at radius 2 is 2.20 bits per heavy atom. The number of nitrogens with one attached hydrogen (secondary N) is 1. The van der Waals surface area contributed by atoms with E-state index in [1.807, 2.05) is 0 Å². The van der Waals surface area contributed by atoms with E-state index < -0.39 is 11.8 Å². The van der Waals surface area contributed by atoms with Crippen LogP contribution in [0.3, 0.4) is 0 Å². The molecule has 2 rings (SSSR count). The summed E-state index contributed by atoms with van der Waals surface area (Å²) >= 11 is 6.68. The second-order valence-corrected chi connectivity index (χ2v) is 5.14. The fraction of sp³-hybridized carbons (Fsp3) is 0.0833. The Kier molecular flexibility index (Phi) is 4.31. The van der Waals surface area contributed by atoms with E-state index in [9.17, 15) is 14.0 Å². The largest absolute Gasteiger partial charge is 0.476 e. The lowest BCUT2D eigenvalue weighted by Crippen LogP contribution is -2.14. The summed E-state index contributed by atoms with van der Waals surface area (Å²) in [6, 6.07) is 3.81. The smallest absolute Gasteiger partial charge is 0.355 e. The highest BCUT2D eigenvalue weighted by Crippen LogP contribution is 2.19. The van der Waals surface area contributed by atoms with Gasteiger partial charge in [-0.05, 0) is 18.2 Å². The number of aromatic carboxylic acids is 1. The average molecular weight is 315 g/mol. The minimum atomic E-state index is -1.14. The van der Waals surface area contributed by atoms with Crippen molar-refractivity contribution < 1.29 is 19.1 Å². The zero-order valence-corrected chi connectivity index (χ0v) is 11.5. The number of carboxylic acid groups (broad SMARTS) is 1. The number of halogens is 2. The van der Waals surface area contributed by atoms with Crippen molar-refractivity contribution in [1.29, 1.82) is 0 Å². The summed E-state index contributed by atoms with van der Waals surface area (Å²) in [6.07, 6.45) is -0.0626. The SMILES string of the molecule is O=C(Cc1nc(C(=O)O)cs1)Nc1ccc(F)c(Cl)c1. The molecule has 2 N–H and O–H groups in total. The van der Waals surface area contributed by atoms with E-state index in [1.165, 1.54) is 17.5 Å². The van der Waals surface area contributed by atoms with Crippen LogP contribution in [0.2, 0.25) is 5.02 Å². The molecule has 0 fully saturated rings. The summed E-state index contributed by atoms with van der Waals surface area (Å²) in [5, 5.41) is 12.9. The fourth-order valence-electron chi connectivity index (χ4n) is 1.41. The van der Waals surface area contributed by atoms with Crippen LogP contribution < -0.4 is 5.32 Å². The predicted molar refractivity (Wildman–Crippen MR) is 72.8 cm³/mol. The molecule has 0 bridgehead atoms. The summed E-state index contributed by atoms with van der Waals surface area (Å²) in [6.45, 7) is 0. The van der Waals surface area contributed by atoms with E-state index >= 15 is 0 Å². The lowest BCUT2D eigenvalue weighted by atomic mass is 10.3. The van der Waals surface area contributed by atoms with Crippen LogP contribution in [0.1, 0.15) is 15.5 Å². The van der Waals surface area contributed by atoms with Crippen molar-refractivity contribution in [3.63, 3.8) is 0 Å². The number of aromatic nitrogens is 1. The number of anilines is 1. The number of rotatable bonds is 4. The van der Waals surface area contributed by atoms with Gasteiger partial charge in [0.2, 0.25) is 5.91 Å². The number of thiazole rings is 1. The Hall–Kier alpha value is -1.99. The number of carboxylic acids is 1. The van der Waals surface area contributed by atoms with Crippen molar-refractivity contribution in [3.8, 4) is 0 Å². The molecule has 0 spiro atoms. The molecule has 1 heterocycles. The second-order valence-electron chi connectivity index (χ2n) is 3.79. The monoisotopic (exact) mass is 314 g/mol. The molecule has 0 aliphatic heterocycles. The van der Waals surface area contributed by atoms with Crippen LogP contribution in [0.4, 0.5) is 10.1 Å². The van der Waals surface area contributed by atoms with Crippen molar-refractivity contribution in [2.24, 2.45) is 0 Å². The van der Waals surface area contributed by atoms with Gasteiger partial charge in [0, 0.05) is 11.1 Å². The van der Waals surface area contributed by atoms with Gasteiger partial charge >= 0.3 is 5.97 Å². The van der Waals surface area contributed by atoms with Gasteiger partial charge in [-0.3, -0.25) is 4.79 Å². The highest BCUT2D eigenvalue weighted by atomic mass is 35.5. The Labute approximate surface area is 122 Å². The van der Waals surface area contributed by atoms with Gasteiger partial charge in [0.15, 0.2) is 5.69 Å². The molecule has 8 heteroatoms. The zero-order valence-electron chi connectivity index (χ0n) is 9.89. The van der Waals surface area contributed by atoms with Crippen molar-refractivity contribution in [3.05, 3.63) is 45.1 Å². The number of carbonyl (C=O) groups excluding carboxylic acids is 1. The Morgan fingerprint density at radius 3 is 2.80 bits per heavy atom. The molecule has 0 aliphatic rings. The van der Waals surface area contributed by atoms with Gasteiger partial charge in [-0.15, -0.1) is 11.3 Å². The van der Waals surface area contributed by atoms with Crippen LogP contribution in [0, 0.1) is 5.82 Å². The van der Waals surface area contributed by atoms with E-state index in [2.05, 4.69) is 10.3 Å². The van der Waals surface area contributed by atoms with Gasteiger partial charge in [0.05, 0.1) is 11.4 Å². The van der Waals surface area contributed by atoms with Crippen LogP contribution in [-0.2, 0) is 11.2 Å². The van der Waals surface area contributed by atoms with Crippen LogP contribution in [-0.4, -0.2) is 22.0 Å². The summed E-state index contributed by atoms with van der Waals surface area (Å²) in [5.41, 5.74) is 0.263. The van der Waals surface area contributed by atoms with Gasteiger partial charge in [-0.25, -0.2) is 14.2 Å². The van der Waals surface area contributed by atoms with Gasteiger partial charge in [-0.2, -0.15) is 0 Å². The van der Waals surface area contributed by atoms with E-state index in [1.54, 1.807) is 0 Å². The number of nitrogens with zero attached hydrogens (tertiary/aromatic N) is 1. The second kappa shape index (κ2) is 5.98. The number of benzene rings is 1. The van der Waals surface area contributed by atoms with E-state index in [0.717, 1.165) is 17.4 Å². The maximum absolute atomic E-state index is 13.0. The quantitative estimate of drug-likeness (QED) is 0.909. The lowest BCUT2D eigenvalue weighted by Gasteiger charge is -2.04. The number of carbonyl (C=O) groups is 2. The van der Waals surface area contributed by atoms with Crippen molar-refractivity contribution in [1.82, 2.24) is 4.98 Å². The first kappa shape index (κ1) is 14.4. The molecule has 0 radical (unpaired) electrons. The Balaban J connectivity index is 2.01. The van der Waals surface area contributed by atoms with E-state index in [4.69, 9.17) is 16.7 Å². The molecule has 0 saturated heterocycles. The molecule has 0 atom stereocenters. The molecule has 104 valence electrons. The third-order valence-electron chi connectivity index (χ3n) is 2.29. The molecule has 20 heavy (non-hydrogen) atoms. The fourth-order valence-corrected chi connectivity index (χ4v) is 2.35. The number of hydrogen-bond acceptors (Lipinski definition) is 4. The van der Waals surface area contributed by atoms with Crippen LogP contribution in [0.5, 0.6) is 0 Å². The first-order chi connectivity index (χ1) is 9.45. The highest BCUT2D eigenvalue weighted by Gasteiger charge is 2.12. The van der Waals surface area contributed by atoms with Crippen molar-refractivity contribution >= 4 is 40.5 Å². The predicted octanol–water partition coefficient (Wildman–Crippen LogP) is 2.82. The molecular formula is C12H8ClFN2O3S. The molecule has 5 nitrogen and oxygen atoms in total. The third kappa shape index (κ3) is 3.52. The molecule has 0 saturated carbocycles. The van der Waals surface area contributed by atoms with Crippen LogP contribution in [0.15, 0.2) is 23.6 Å². The van der Waals surface area contributed by atoms with E-state index in [0.29, 0.717) is 10.7 Å². The summed E-state index contributed by atoms with van der Waals surface area (Å²) in [7, 11) is 0. The first-order valence-electron chi connectivity index (χ1n) is 5.38. The standard InChI is InChI=1S/C12H8ClFN2O3S/c13-7-3-6(1-2-8(7)14)15-10(17)4-11-16-9(5-20-11)12(18)19/h1-3,5H,4H2,(H,15,17)(H,18,19). The normalized spacial score (nSPS) is 10.3. The van der Waals surface area contributed by atoms with Crippen molar-refractivity contribution in [2.75, 3.05) is 5.32 Å². The molecule has 1 aromatic carbocycles. The summed E-state index contributed by atoms with van der Waals surface area (Å²) < 4.78 is 13.0. The first-order valence-corrected chi connectivity index (χ1v) is 6.64. The lowest BCUT2D eigenvalue weighted by molar-refractivity contribution is -0.115. The number of amides is 1. The van der Waals surface area contributed by atoms with Gasteiger partial charge in [-0.1, -0.05) is 11.6 Å². The highest BCUT2D eigenvalue weighted by molar-refractivity contribution is 7.09. The van der Waals surface area contributed by atoms with E-state index in [-0.39, 0.29) is 23.0 Å². The molecule has 1 aromatic heterocycles. The summed E-state index contributed by atoms with van der Waals surface area (Å²) in [4.78, 5) is 26.2. The van der Waals surface area contributed by atoms with Gasteiger partial charge < -0.3 is 10.4 Å². The third-order valence-corrected chi connectivity index (χ3v) is 3.42. The Morgan fingerprint density at radius 1 is 1.45 bits per heavy atom. The summed E-state index contributed by atoms with van der Waals surface area (Å²) in [5.74, 6) is -2.10. The maximum atomic E-state index is 13.0. The molecule has 0 unspecified atom stereocenters. The molecule has 1 amide bonds. The van der Waals surface area contributed by atoms with Gasteiger partial charge in [0.1, 0.15) is 10.8 Å². The molecular weight excluding hydrogens is 307 g/mol. The number of hydrogen-bond donors (Lipinski definition) is 2. The zero-order chi connectivity index (χ0) is 14.7. The van der Waals surface area contributed by atoms with Crippen LogP contribution >= 0.6 is 22.9 Å². The average Bonchev–Trinajstić information content (AvgIpc) is 2.82. The minimum Gasteiger partial charge on any atom is -0.476 e. The minimum absolute atomic E-state index is 0.0626. The maximum Gasteiger partial charge on any atom is 0.355 e. The molecule has 2 aromatic rings. The Bertz CT molecular complexity index is 674. The van der Waals surface area contributed by atoms with Crippen LogP contribution in [0.25, 0.3) is 0 Å². The topological polar surface area (TPSA) is 79.3 Å². The molecule has 0 aliphatic carbocycles. The van der Waals surface area contributed by atoms with Gasteiger partial charge in [0.25, 0.3) is 0 Å². The van der Waals surface area contributed by atoms with Crippen molar-refractivity contribution in [2.45, 2.75) is 6.42 Å².